The molecule has 4 N–H and O–H groups in total. The zero-order chi connectivity index (χ0) is 12.0. The number of hydrogen-bond donors (Lipinski definition) is 2. The van der Waals surface area contributed by atoms with E-state index in [9.17, 15) is 4.79 Å². The van der Waals surface area contributed by atoms with Crippen LogP contribution < -0.4 is 11.5 Å². The number of hydrogen-bond acceptors (Lipinski definition) is 3. The first kappa shape index (κ1) is 13.5. The van der Waals surface area contributed by atoms with Crippen LogP contribution in [0.2, 0.25) is 0 Å². The van der Waals surface area contributed by atoms with Gasteiger partial charge in [0.1, 0.15) is 0 Å². The van der Waals surface area contributed by atoms with E-state index in [2.05, 4.69) is 11.8 Å². The monoisotopic (exact) mass is 227 g/mol. The SMILES string of the molecule is CCCN(CCC(N)=O)C1(CN)CCCC1. The van der Waals surface area contributed by atoms with Crippen molar-refractivity contribution in [2.75, 3.05) is 19.6 Å². The maximum absolute atomic E-state index is 10.9. The molecule has 1 aliphatic carbocycles. The fourth-order valence-electron chi connectivity index (χ4n) is 2.78. The third kappa shape index (κ3) is 3.19. The van der Waals surface area contributed by atoms with Crippen LogP contribution in [0.15, 0.2) is 0 Å². The summed E-state index contributed by atoms with van der Waals surface area (Å²) in [6.07, 6.45) is 6.40. The van der Waals surface area contributed by atoms with E-state index in [1.54, 1.807) is 0 Å². The lowest BCUT2D eigenvalue weighted by atomic mass is 9.94. The predicted molar refractivity (Wildman–Crippen MR) is 65.9 cm³/mol. The predicted octanol–water partition coefficient (Wildman–Crippen LogP) is 0.845. The summed E-state index contributed by atoms with van der Waals surface area (Å²) in [7, 11) is 0. The van der Waals surface area contributed by atoms with Crippen LogP contribution in [0.1, 0.15) is 45.4 Å². The maximum Gasteiger partial charge on any atom is 0.218 e. The molecule has 1 fully saturated rings. The molecule has 4 heteroatoms. The summed E-state index contributed by atoms with van der Waals surface area (Å²) in [5.41, 5.74) is 11.3. The van der Waals surface area contributed by atoms with Gasteiger partial charge in [-0.3, -0.25) is 9.69 Å². The molecular weight excluding hydrogens is 202 g/mol. The molecule has 0 spiro atoms. The first-order valence-electron chi connectivity index (χ1n) is 6.38. The lowest BCUT2D eigenvalue weighted by Crippen LogP contribution is -2.53. The van der Waals surface area contributed by atoms with Crippen LogP contribution >= 0.6 is 0 Å². The average Bonchev–Trinajstić information content (AvgIpc) is 2.73. The fraction of sp³-hybridized carbons (Fsp3) is 0.917. The standard InChI is InChI=1S/C12H25N3O/c1-2-8-15(9-5-11(14)16)12(10-13)6-3-4-7-12/h2-10,13H2,1H3,(H2,14,16). The van der Waals surface area contributed by atoms with Crippen molar-refractivity contribution >= 4 is 5.91 Å². The summed E-state index contributed by atoms with van der Waals surface area (Å²) in [5.74, 6) is -0.216. The van der Waals surface area contributed by atoms with Gasteiger partial charge in [-0.15, -0.1) is 0 Å². The first-order valence-corrected chi connectivity index (χ1v) is 6.38. The summed E-state index contributed by atoms with van der Waals surface area (Å²) >= 11 is 0. The Balaban J connectivity index is 2.62. The highest BCUT2D eigenvalue weighted by Gasteiger charge is 2.37. The molecule has 4 nitrogen and oxygen atoms in total. The molecule has 0 heterocycles. The Morgan fingerprint density at radius 1 is 1.31 bits per heavy atom. The van der Waals surface area contributed by atoms with Gasteiger partial charge in [-0.25, -0.2) is 0 Å². The van der Waals surface area contributed by atoms with Gasteiger partial charge in [0, 0.05) is 25.0 Å². The van der Waals surface area contributed by atoms with Crippen molar-refractivity contribution in [1.29, 1.82) is 0 Å². The van der Waals surface area contributed by atoms with Crippen molar-refractivity contribution in [2.45, 2.75) is 51.0 Å². The maximum atomic E-state index is 10.9. The van der Waals surface area contributed by atoms with E-state index in [-0.39, 0.29) is 11.4 Å². The van der Waals surface area contributed by atoms with Crippen LogP contribution in [-0.4, -0.2) is 36.0 Å². The summed E-state index contributed by atoms with van der Waals surface area (Å²) in [6, 6.07) is 0. The Bertz CT molecular complexity index is 224. The van der Waals surface area contributed by atoms with Crippen molar-refractivity contribution in [3.8, 4) is 0 Å². The third-order valence-corrected chi connectivity index (χ3v) is 3.71. The molecule has 0 bridgehead atoms. The van der Waals surface area contributed by atoms with E-state index < -0.39 is 0 Å². The zero-order valence-electron chi connectivity index (χ0n) is 10.4. The van der Waals surface area contributed by atoms with E-state index >= 15 is 0 Å². The van der Waals surface area contributed by atoms with Crippen LogP contribution in [0.3, 0.4) is 0 Å². The third-order valence-electron chi connectivity index (χ3n) is 3.71. The number of carbonyl (C=O) groups excluding carboxylic acids is 1. The molecule has 0 aromatic rings. The molecule has 0 saturated heterocycles. The van der Waals surface area contributed by atoms with Gasteiger partial charge in [-0.2, -0.15) is 0 Å². The summed E-state index contributed by atoms with van der Waals surface area (Å²) < 4.78 is 0. The van der Waals surface area contributed by atoms with Crippen molar-refractivity contribution in [3.05, 3.63) is 0 Å². The van der Waals surface area contributed by atoms with Gasteiger partial charge in [0.05, 0.1) is 0 Å². The molecule has 1 saturated carbocycles. The van der Waals surface area contributed by atoms with Gasteiger partial charge in [0.25, 0.3) is 0 Å². The van der Waals surface area contributed by atoms with Gasteiger partial charge in [0.2, 0.25) is 5.91 Å². The zero-order valence-corrected chi connectivity index (χ0v) is 10.4. The Morgan fingerprint density at radius 3 is 2.38 bits per heavy atom. The molecule has 0 atom stereocenters. The quantitative estimate of drug-likeness (QED) is 0.677. The number of rotatable bonds is 7. The number of nitrogens with two attached hydrogens (primary N) is 2. The Morgan fingerprint density at radius 2 is 1.94 bits per heavy atom. The molecule has 16 heavy (non-hydrogen) atoms. The van der Waals surface area contributed by atoms with E-state index in [0.29, 0.717) is 13.0 Å². The molecule has 0 unspecified atom stereocenters. The lowest BCUT2D eigenvalue weighted by Gasteiger charge is -2.40. The van der Waals surface area contributed by atoms with E-state index in [0.717, 1.165) is 19.5 Å². The highest BCUT2D eigenvalue weighted by molar-refractivity contribution is 5.73. The van der Waals surface area contributed by atoms with Crippen molar-refractivity contribution < 1.29 is 4.79 Å². The van der Waals surface area contributed by atoms with E-state index in [1.807, 2.05) is 0 Å². The molecule has 0 aromatic carbocycles. The van der Waals surface area contributed by atoms with Crippen LogP contribution in [0.25, 0.3) is 0 Å². The minimum absolute atomic E-state index is 0.144. The van der Waals surface area contributed by atoms with Gasteiger partial charge in [-0.1, -0.05) is 19.8 Å². The molecule has 0 aliphatic heterocycles. The molecule has 0 radical (unpaired) electrons. The molecule has 1 aliphatic rings. The molecular formula is C12H25N3O. The normalized spacial score (nSPS) is 19.2. The summed E-state index contributed by atoms with van der Waals surface area (Å²) in [5, 5.41) is 0. The second kappa shape index (κ2) is 6.21. The minimum Gasteiger partial charge on any atom is -0.370 e. The van der Waals surface area contributed by atoms with E-state index in [1.165, 1.54) is 25.7 Å². The van der Waals surface area contributed by atoms with Crippen LogP contribution in [0.5, 0.6) is 0 Å². The molecule has 1 amide bonds. The molecule has 1 rings (SSSR count). The van der Waals surface area contributed by atoms with Crippen molar-refractivity contribution in [1.82, 2.24) is 4.90 Å². The Hall–Kier alpha value is -0.610. The smallest absolute Gasteiger partial charge is 0.218 e. The first-order chi connectivity index (χ1) is 7.64. The van der Waals surface area contributed by atoms with Crippen molar-refractivity contribution in [2.24, 2.45) is 11.5 Å². The largest absolute Gasteiger partial charge is 0.370 e. The van der Waals surface area contributed by atoms with Gasteiger partial charge < -0.3 is 11.5 Å². The van der Waals surface area contributed by atoms with Gasteiger partial charge >= 0.3 is 0 Å². The topological polar surface area (TPSA) is 72.3 Å². The van der Waals surface area contributed by atoms with Gasteiger partial charge in [-0.05, 0) is 25.8 Å². The summed E-state index contributed by atoms with van der Waals surface area (Å²) in [6.45, 7) is 4.65. The summed E-state index contributed by atoms with van der Waals surface area (Å²) in [4.78, 5) is 13.3. The van der Waals surface area contributed by atoms with E-state index in [4.69, 9.17) is 11.5 Å². The minimum atomic E-state index is -0.216. The second-order valence-corrected chi connectivity index (χ2v) is 4.84. The Kier molecular flexibility index (Phi) is 5.22. The number of primary amides is 1. The highest BCUT2D eigenvalue weighted by atomic mass is 16.1. The fourth-order valence-corrected chi connectivity index (χ4v) is 2.78. The van der Waals surface area contributed by atoms with Crippen LogP contribution in [0, 0.1) is 0 Å². The van der Waals surface area contributed by atoms with Gasteiger partial charge in [0.15, 0.2) is 0 Å². The van der Waals surface area contributed by atoms with Crippen LogP contribution in [0.4, 0.5) is 0 Å². The second-order valence-electron chi connectivity index (χ2n) is 4.84. The molecule has 94 valence electrons. The van der Waals surface area contributed by atoms with Crippen LogP contribution in [-0.2, 0) is 4.79 Å². The number of nitrogens with zero attached hydrogens (tertiary/aromatic N) is 1. The van der Waals surface area contributed by atoms with Crippen molar-refractivity contribution in [3.63, 3.8) is 0 Å². The number of amides is 1. The lowest BCUT2D eigenvalue weighted by molar-refractivity contribution is -0.118. The Labute approximate surface area is 98.3 Å². The average molecular weight is 227 g/mol. The number of carbonyl (C=O) groups is 1. The highest BCUT2D eigenvalue weighted by Crippen LogP contribution is 2.34. The molecule has 0 aromatic heterocycles.